The van der Waals surface area contributed by atoms with E-state index in [1.165, 1.54) is 12.1 Å². The Labute approximate surface area is 162 Å². The molecule has 3 aromatic heterocycles. The summed E-state index contributed by atoms with van der Waals surface area (Å²) in [5.74, 6) is -1.05. The number of pyridine rings is 1. The van der Waals surface area contributed by atoms with E-state index >= 15 is 0 Å². The summed E-state index contributed by atoms with van der Waals surface area (Å²) in [4.78, 5) is 11.8. The SMILES string of the molecule is Fc1cccc(-c2nc3cc[n+](Cc4nc5cc(Cl)ccc5o4)cc3[nH]2)c1F. The van der Waals surface area contributed by atoms with E-state index < -0.39 is 11.6 Å². The van der Waals surface area contributed by atoms with Gasteiger partial charge in [-0.15, -0.1) is 0 Å². The van der Waals surface area contributed by atoms with E-state index in [1.54, 1.807) is 24.3 Å². The summed E-state index contributed by atoms with van der Waals surface area (Å²) in [6.07, 6.45) is 3.63. The third-order valence-corrected chi connectivity index (χ3v) is 4.63. The molecule has 5 nitrogen and oxygen atoms in total. The number of aromatic amines is 1. The number of imidazole rings is 1. The maximum atomic E-state index is 14.0. The molecule has 138 valence electrons. The summed E-state index contributed by atoms with van der Waals surface area (Å²) in [5.41, 5.74) is 2.75. The van der Waals surface area contributed by atoms with Crippen LogP contribution in [-0.2, 0) is 6.54 Å². The van der Waals surface area contributed by atoms with Crippen LogP contribution in [0.1, 0.15) is 5.89 Å². The van der Waals surface area contributed by atoms with Gasteiger partial charge in [0.05, 0.1) is 5.56 Å². The molecule has 0 atom stereocenters. The molecule has 3 heterocycles. The molecule has 0 aliphatic heterocycles. The first-order valence-corrected chi connectivity index (χ1v) is 8.83. The average Bonchev–Trinajstić information content (AvgIpc) is 3.26. The van der Waals surface area contributed by atoms with Crippen LogP contribution in [0.15, 0.2) is 59.3 Å². The first-order valence-electron chi connectivity index (χ1n) is 8.45. The van der Waals surface area contributed by atoms with Gasteiger partial charge in [-0.05, 0) is 30.3 Å². The minimum atomic E-state index is -0.931. The molecule has 0 aliphatic carbocycles. The fourth-order valence-corrected chi connectivity index (χ4v) is 3.25. The Balaban J connectivity index is 1.50. The van der Waals surface area contributed by atoms with E-state index in [9.17, 15) is 8.78 Å². The van der Waals surface area contributed by atoms with Crippen molar-refractivity contribution in [1.82, 2.24) is 15.0 Å². The number of nitrogens with zero attached hydrogens (tertiary/aromatic N) is 3. The molecular weight excluding hydrogens is 386 g/mol. The van der Waals surface area contributed by atoms with Gasteiger partial charge in [-0.3, -0.25) is 0 Å². The number of hydrogen-bond donors (Lipinski definition) is 1. The molecule has 0 saturated carbocycles. The molecule has 8 heteroatoms. The highest BCUT2D eigenvalue weighted by molar-refractivity contribution is 6.31. The highest BCUT2D eigenvalue weighted by atomic mass is 35.5. The predicted octanol–water partition coefficient (Wildman–Crippen LogP) is 4.64. The number of fused-ring (bicyclic) bond motifs is 2. The van der Waals surface area contributed by atoms with Crippen molar-refractivity contribution < 1.29 is 17.8 Å². The van der Waals surface area contributed by atoms with Crippen LogP contribution in [-0.4, -0.2) is 15.0 Å². The first kappa shape index (κ1) is 16.8. The van der Waals surface area contributed by atoms with Crippen molar-refractivity contribution in [3.8, 4) is 11.4 Å². The van der Waals surface area contributed by atoms with E-state index in [2.05, 4.69) is 15.0 Å². The van der Waals surface area contributed by atoms with Crippen molar-refractivity contribution in [2.45, 2.75) is 6.54 Å². The maximum Gasteiger partial charge on any atom is 0.262 e. The lowest BCUT2D eigenvalue weighted by Crippen LogP contribution is -2.33. The van der Waals surface area contributed by atoms with Crippen molar-refractivity contribution in [1.29, 1.82) is 0 Å². The zero-order chi connectivity index (χ0) is 19.3. The normalized spacial score (nSPS) is 11.5. The summed E-state index contributed by atoms with van der Waals surface area (Å²) in [6.45, 7) is 0.394. The minimum Gasteiger partial charge on any atom is -0.435 e. The van der Waals surface area contributed by atoms with Gasteiger partial charge in [0.1, 0.15) is 22.4 Å². The Kier molecular flexibility index (Phi) is 3.84. The molecule has 2 aromatic carbocycles. The second-order valence-electron chi connectivity index (χ2n) is 6.32. The predicted molar refractivity (Wildman–Crippen MR) is 99.8 cm³/mol. The van der Waals surface area contributed by atoms with Crippen LogP contribution in [0.25, 0.3) is 33.5 Å². The molecule has 0 amide bonds. The summed E-state index contributed by atoms with van der Waals surface area (Å²) in [7, 11) is 0. The zero-order valence-corrected chi connectivity index (χ0v) is 15.0. The van der Waals surface area contributed by atoms with Gasteiger partial charge in [-0.1, -0.05) is 17.7 Å². The third kappa shape index (κ3) is 2.90. The summed E-state index contributed by atoms with van der Waals surface area (Å²) in [5, 5.41) is 0.594. The Morgan fingerprint density at radius 2 is 1.96 bits per heavy atom. The minimum absolute atomic E-state index is 0.0820. The van der Waals surface area contributed by atoms with Crippen molar-refractivity contribution in [3.05, 3.63) is 77.4 Å². The molecule has 0 radical (unpaired) electrons. The standard InChI is InChI=1S/C20H11ClF2N4O/c21-11-4-5-17-15(8-11)24-18(28-17)10-27-7-6-14-16(9-27)26-20(25-14)12-2-1-3-13(22)19(12)23/h1-9H,10H2/p+1. The molecule has 0 bridgehead atoms. The zero-order valence-electron chi connectivity index (χ0n) is 14.3. The van der Waals surface area contributed by atoms with E-state index in [1.807, 2.05) is 17.0 Å². The molecule has 28 heavy (non-hydrogen) atoms. The number of benzene rings is 2. The first-order chi connectivity index (χ1) is 13.6. The Hall–Kier alpha value is -3.32. The van der Waals surface area contributed by atoms with Crippen LogP contribution < -0.4 is 4.57 Å². The molecule has 0 unspecified atom stereocenters. The number of aromatic nitrogens is 4. The quantitative estimate of drug-likeness (QED) is 0.451. The fraction of sp³-hybridized carbons (Fsp3) is 0.0500. The number of rotatable bonds is 3. The van der Waals surface area contributed by atoms with Gasteiger partial charge in [0, 0.05) is 11.1 Å². The lowest BCUT2D eigenvalue weighted by atomic mass is 10.2. The van der Waals surface area contributed by atoms with Crippen molar-refractivity contribution in [3.63, 3.8) is 0 Å². The Bertz CT molecular complexity index is 1350. The number of nitrogens with one attached hydrogen (secondary N) is 1. The Morgan fingerprint density at radius 1 is 1.07 bits per heavy atom. The van der Waals surface area contributed by atoms with Crippen LogP contribution in [0.4, 0.5) is 8.78 Å². The highest BCUT2D eigenvalue weighted by Gasteiger charge is 2.16. The number of oxazole rings is 1. The van der Waals surface area contributed by atoms with Crippen LogP contribution in [0.2, 0.25) is 5.02 Å². The monoisotopic (exact) mass is 397 g/mol. The van der Waals surface area contributed by atoms with Gasteiger partial charge >= 0.3 is 0 Å². The van der Waals surface area contributed by atoms with Crippen LogP contribution in [0, 0.1) is 11.6 Å². The Morgan fingerprint density at radius 3 is 2.86 bits per heavy atom. The molecule has 1 N–H and O–H groups in total. The molecule has 0 aliphatic rings. The van der Waals surface area contributed by atoms with E-state index in [0.29, 0.717) is 39.6 Å². The summed E-state index contributed by atoms with van der Waals surface area (Å²) < 4.78 is 35.1. The van der Waals surface area contributed by atoms with E-state index in [-0.39, 0.29) is 11.4 Å². The summed E-state index contributed by atoms with van der Waals surface area (Å²) >= 11 is 5.98. The topological polar surface area (TPSA) is 58.6 Å². The van der Waals surface area contributed by atoms with Crippen molar-refractivity contribution in [2.24, 2.45) is 0 Å². The largest absolute Gasteiger partial charge is 0.435 e. The second-order valence-corrected chi connectivity index (χ2v) is 6.76. The molecular formula is C20H12ClF2N4O+. The summed E-state index contributed by atoms with van der Waals surface area (Å²) in [6, 6.07) is 11.0. The van der Waals surface area contributed by atoms with Crippen molar-refractivity contribution in [2.75, 3.05) is 0 Å². The average molecular weight is 398 g/mol. The molecule has 5 rings (SSSR count). The van der Waals surface area contributed by atoms with Crippen molar-refractivity contribution >= 4 is 33.7 Å². The van der Waals surface area contributed by atoms with Gasteiger partial charge < -0.3 is 9.40 Å². The molecule has 0 saturated heterocycles. The fourth-order valence-electron chi connectivity index (χ4n) is 3.09. The molecule has 0 spiro atoms. The van der Waals surface area contributed by atoms with Crippen LogP contribution >= 0.6 is 11.6 Å². The number of hydrogen-bond acceptors (Lipinski definition) is 3. The van der Waals surface area contributed by atoms with Gasteiger partial charge in [-0.25, -0.2) is 18.7 Å². The molecule has 0 fully saturated rings. The number of halogens is 3. The highest BCUT2D eigenvalue weighted by Crippen LogP contribution is 2.24. The number of H-pyrrole nitrogens is 1. The van der Waals surface area contributed by atoms with Gasteiger partial charge in [0.2, 0.25) is 6.54 Å². The van der Waals surface area contributed by atoms with E-state index in [0.717, 1.165) is 6.07 Å². The third-order valence-electron chi connectivity index (χ3n) is 4.40. The molecule has 5 aromatic rings. The van der Waals surface area contributed by atoms with Crippen LogP contribution in [0.5, 0.6) is 0 Å². The smallest absolute Gasteiger partial charge is 0.262 e. The van der Waals surface area contributed by atoms with E-state index in [4.69, 9.17) is 16.0 Å². The lowest BCUT2D eigenvalue weighted by molar-refractivity contribution is -0.689. The van der Waals surface area contributed by atoms with Crippen LogP contribution in [0.3, 0.4) is 0 Å². The lowest BCUT2D eigenvalue weighted by Gasteiger charge is -1.99. The second kappa shape index (κ2) is 6.38. The van der Waals surface area contributed by atoms with Gasteiger partial charge in [0.15, 0.2) is 29.6 Å². The maximum absolute atomic E-state index is 14.0. The van der Waals surface area contributed by atoms with Gasteiger partial charge in [-0.2, -0.15) is 4.57 Å². The van der Waals surface area contributed by atoms with Gasteiger partial charge in [0.25, 0.3) is 5.89 Å².